The van der Waals surface area contributed by atoms with Crippen molar-refractivity contribution >= 4 is 11.1 Å². The first-order valence-corrected chi connectivity index (χ1v) is 6.13. The Morgan fingerprint density at radius 1 is 1.16 bits per heavy atom. The molecule has 0 fully saturated rings. The van der Waals surface area contributed by atoms with Crippen molar-refractivity contribution in [1.82, 2.24) is 4.98 Å². The van der Waals surface area contributed by atoms with Gasteiger partial charge in [-0.15, -0.1) is 0 Å². The summed E-state index contributed by atoms with van der Waals surface area (Å²) in [5, 5.41) is 8.95. The van der Waals surface area contributed by atoms with Crippen molar-refractivity contribution in [2.75, 3.05) is 0 Å². The first-order valence-electron chi connectivity index (χ1n) is 6.13. The standard InChI is InChI=1S/C16H12N2O/c1-11(10-17)13-7-8-14-15(9-13)19-16(18-14)12-5-3-2-4-6-12/h2-9,11H,1H3/t11-/m1/s1. The van der Waals surface area contributed by atoms with Gasteiger partial charge in [0.25, 0.3) is 0 Å². The van der Waals surface area contributed by atoms with Crippen LogP contribution in [0, 0.1) is 11.3 Å². The van der Waals surface area contributed by atoms with Gasteiger partial charge in [0.2, 0.25) is 5.89 Å². The van der Waals surface area contributed by atoms with Crippen LogP contribution in [0.2, 0.25) is 0 Å². The highest BCUT2D eigenvalue weighted by Gasteiger charge is 2.10. The van der Waals surface area contributed by atoms with Gasteiger partial charge in [-0.1, -0.05) is 24.3 Å². The van der Waals surface area contributed by atoms with Gasteiger partial charge >= 0.3 is 0 Å². The molecule has 1 heterocycles. The maximum Gasteiger partial charge on any atom is 0.227 e. The third-order valence-electron chi connectivity index (χ3n) is 3.13. The zero-order valence-corrected chi connectivity index (χ0v) is 10.5. The SMILES string of the molecule is C[C@H](C#N)c1ccc2nc(-c3ccccc3)oc2c1. The predicted molar refractivity (Wildman–Crippen MR) is 73.5 cm³/mol. The van der Waals surface area contributed by atoms with Gasteiger partial charge in [0.15, 0.2) is 5.58 Å². The van der Waals surface area contributed by atoms with Gasteiger partial charge in [-0.2, -0.15) is 5.26 Å². The summed E-state index contributed by atoms with van der Waals surface area (Å²) < 4.78 is 5.77. The molecular formula is C16H12N2O. The highest BCUT2D eigenvalue weighted by Crippen LogP contribution is 2.26. The lowest BCUT2D eigenvalue weighted by molar-refractivity contribution is 0.619. The van der Waals surface area contributed by atoms with Gasteiger partial charge < -0.3 is 4.42 Å². The molecule has 3 heteroatoms. The molecular weight excluding hydrogens is 236 g/mol. The van der Waals surface area contributed by atoms with E-state index in [1.165, 1.54) is 0 Å². The lowest BCUT2D eigenvalue weighted by Gasteiger charge is -2.00. The Hall–Kier alpha value is -2.60. The molecule has 0 N–H and O–H groups in total. The minimum Gasteiger partial charge on any atom is -0.436 e. The Labute approximate surface area is 111 Å². The van der Waals surface area contributed by atoms with E-state index in [9.17, 15) is 0 Å². The molecule has 0 aliphatic carbocycles. The summed E-state index contributed by atoms with van der Waals surface area (Å²) in [6, 6.07) is 17.7. The summed E-state index contributed by atoms with van der Waals surface area (Å²) >= 11 is 0. The van der Waals surface area contributed by atoms with Crippen molar-refractivity contribution in [1.29, 1.82) is 5.26 Å². The molecule has 1 aromatic heterocycles. The lowest BCUT2D eigenvalue weighted by atomic mass is 10.0. The number of hydrogen-bond acceptors (Lipinski definition) is 3. The second-order valence-electron chi connectivity index (χ2n) is 4.46. The minimum absolute atomic E-state index is 0.144. The molecule has 19 heavy (non-hydrogen) atoms. The van der Waals surface area contributed by atoms with E-state index in [4.69, 9.17) is 9.68 Å². The quantitative estimate of drug-likeness (QED) is 0.685. The van der Waals surface area contributed by atoms with E-state index in [1.54, 1.807) is 0 Å². The molecule has 2 aromatic carbocycles. The Kier molecular flexibility index (Phi) is 2.77. The number of rotatable bonds is 2. The van der Waals surface area contributed by atoms with Crippen LogP contribution in [0.15, 0.2) is 52.9 Å². The fourth-order valence-electron chi connectivity index (χ4n) is 1.99. The second-order valence-corrected chi connectivity index (χ2v) is 4.46. The number of benzene rings is 2. The van der Waals surface area contributed by atoms with Gasteiger partial charge in [-0.3, -0.25) is 0 Å². The summed E-state index contributed by atoms with van der Waals surface area (Å²) in [4.78, 5) is 4.46. The van der Waals surface area contributed by atoms with Gasteiger partial charge in [-0.05, 0) is 36.8 Å². The highest BCUT2D eigenvalue weighted by atomic mass is 16.3. The molecule has 0 bridgehead atoms. The molecule has 0 amide bonds. The van der Waals surface area contributed by atoms with E-state index in [0.29, 0.717) is 5.89 Å². The second kappa shape index (κ2) is 4.58. The van der Waals surface area contributed by atoms with Crippen LogP contribution >= 0.6 is 0 Å². The van der Waals surface area contributed by atoms with Crippen molar-refractivity contribution in [2.24, 2.45) is 0 Å². The molecule has 3 rings (SSSR count). The molecule has 1 atom stereocenters. The Bertz CT molecular complexity index is 753. The van der Waals surface area contributed by atoms with E-state index in [-0.39, 0.29) is 5.92 Å². The zero-order chi connectivity index (χ0) is 13.2. The van der Waals surface area contributed by atoms with Crippen LogP contribution in [0.25, 0.3) is 22.6 Å². The Morgan fingerprint density at radius 3 is 2.68 bits per heavy atom. The molecule has 0 spiro atoms. The van der Waals surface area contributed by atoms with Crippen LogP contribution in [-0.2, 0) is 0 Å². The smallest absolute Gasteiger partial charge is 0.227 e. The van der Waals surface area contributed by atoms with Crippen LogP contribution in [0.1, 0.15) is 18.4 Å². The molecule has 0 saturated heterocycles. The number of nitriles is 1. The third-order valence-corrected chi connectivity index (χ3v) is 3.13. The molecule has 92 valence electrons. The van der Waals surface area contributed by atoms with E-state index >= 15 is 0 Å². The number of fused-ring (bicyclic) bond motifs is 1. The molecule has 0 aliphatic heterocycles. The molecule has 0 saturated carbocycles. The van der Waals surface area contributed by atoms with Crippen molar-refractivity contribution in [2.45, 2.75) is 12.8 Å². The number of oxazole rings is 1. The molecule has 0 radical (unpaired) electrons. The first-order chi connectivity index (χ1) is 9.28. The van der Waals surface area contributed by atoms with E-state index in [0.717, 1.165) is 22.2 Å². The van der Waals surface area contributed by atoms with Crippen molar-refractivity contribution in [3.63, 3.8) is 0 Å². The summed E-state index contributed by atoms with van der Waals surface area (Å²) in [6.07, 6.45) is 0. The third kappa shape index (κ3) is 2.09. The zero-order valence-electron chi connectivity index (χ0n) is 10.5. The van der Waals surface area contributed by atoms with Gasteiger partial charge in [0.05, 0.1) is 12.0 Å². The maximum atomic E-state index is 8.95. The molecule has 3 aromatic rings. The lowest BCUT2D eigenvalue weighted by Crippen LogP contribution is -1.87. The van der Waals surface area contributed by atoms with Crippen LogP contribution in [-0.4, -0.2) is 4.98 Å². The van der Waals surface area contributed by atoms with Gasteiger partial charge in [-0.25, -0.2) is 4.98 Å². The Morgan fingerprint density at radius 2 is 1.95 bits per heavy atom. The van der Waals surface area contributed by atoms with Crippen molar-refractivity contribution in [3.05, 3.63) is 54.1 Å². The van der Waals surface area contributed by atoms with Crippen LogP contribution in [0.5, 0.6) is 0 Å². The van der Waals surface area contributed by atoms with Crippen LogP contribution < -0.4 is 0 Å². The first kappa shape index (κ1) is 11.5. The molecule has 0 unspecified atom stereocenters. The topological polar surface area (TPSA) is 49.8 Å². The van der Waals surface area contributed by atoms with Crippen LogP contribution in [0.3, 0.4) is 0 Å². The minimum atomic E-state index is -0.144. The maximum absolute atomic E-state index is 8.95. The monoisotopic (exact) mass is 248 g/mol. The van der Waals surface area contributed by atoms with E-state index in [2.05, 4.69) is 11.1 Å². The van der Waals surface area contributed by atoms with Gasteiger partial charge in [0, 0.05) is 5.56 Å². The van der Waals surface area contributed by atoms with Crippen LogP contribution in [0.4, 0.5) is 0 Å². The Balaban J connectivity index is 2.09. The largest absolute Gasteiger partial charge is 0.436 e. The number of aromatic nitrogens is 1. The average Bonchev–Trinajstić information content (AvgIpc) is 2.90. The van der Waals surface area contributed by atoms with E-state index < -0.39 is 0 Å². The highest BCUT2D eigenvalue weighted by molar-refractivity contribution is 5.77. The van der Waals surface area contributed by atoms with E-state index in [1.807, 2.05) is 55.5 Å². The number of hydrogen-bond donors (Lipinski definition) is 0. The number of nitrogens with zero attached hydrogens (tertiary/aromatic N) is 2. The average molecular weight is 248 g/mol. The van der Waals surface area contributed by atoms with Gasteiger partial charge in [0.1, 0.15) is 5.52 Å². The van der Waals surface area contributed by atoms with Crippen molar-refractivity contribution in [3.8, 4) is 17.5 Å². The normalized spacial score (nSPS) is 12.2. The fourth-order valence-corrected chi connectivity index (χ4v) is 1.99. The summed E-state index contributed by atoms with van der Waals surface area (Å²) in [5.74, 6) is 0.465. The summed E-state index contributed by atoms with van der Waals surface area (Å²) in [5.41, 5.74) is 3.44. The summed E-state index contributed by atoms with van der Waals surface area (Å²) in [6.45, 7) is 1.87. The summed E-state index contributed by atoms with van der Waals surface area (Å²) in [7, 11) is 0. The predicted octanol–water partition coefficient (Wildman–Crippen LogP) is 4.12. The van der Waals surface area contributed by atoms with Crippen molar-refractivity contribution < 1.29 is 4.42 Å². The molecule has 3 nitrogen and oxygen atoms in total. The fraction of sp³-hybridized carbons (Fsp3) is 0.125. The molecule has 0 aliphatic rings.